The minimum absolute atomic E-state index is 0.207. The molecule has 0 bridgehead atoms. The van der Waals surface area contributed by atoms with E-state index in [1.165, 1.54) is 22.3 Å². The molecule has 3 aromatic rings. The zero-order chi connectivity index (χ0) is 14.8. The summed E-state index contributed by atoms with van der Waals surface area (Å²) in [4.78, 5) is 17.5. The van der Waals surface area contributed by atoms with Gasteiger partial charge < -0.3 is 0 Å². The van der Waals surface area contributed by atoms with Crippen LogP contribution >= 0.6 is 11.8 Å². The van der Waals surface area contributed by atoms with Crippen LogP contribution < -0.4 is 5.56 Å². The first kappa shape index (κ1) is 13.5. The lowest BCUT2D eigenvalue weighted by Crippen LogP contribution is -2.15. The van der Waals surface area contributed by atoms with E-state index in [-0.39, 0.29) is 5.56 Å². The molecule has 21 heavy (non-hydrogen) atoms. The molecule has 0 unspecified atom stereocenters. The van der Waals surface area contributed by atoms with E-state index in [1.807, 2.05) is 31.2 Å². The van der Waals surface area contributed by atoms with Gasteiger partial charge in [0, 0.05) is 22.9 Å². The summed E-state index contributed by atoms with van der Waals surface area (Å²) >= 11 is 1.62. The first-order valence-corrected chi connectivity index (χ1v) is 7.35. The maximum absolute atomic E-state index is 12.0. The Balaban J connectivity index is 1.91. The van der Waals surface area contributed by atoms with E-state index >= 15 is 0 Å². The van der Waals surface area contributed by atoms with Gasteiger partial charge in [-0.25, -0.2) is 9.50 Å². The van der Waals surface area contributed by atoms with Crippen molar-refractivity contribution in [3.8, 4) is 6.07 Å². The predicted molar refractivity (Wildman–Crippen MR) is 81.3 cm³/mol. The van der Waals surface area contributed by atoms with E-state index in [0.29, 0.717) is 22.7 Å². The topological polar surface area (TPSA) is 73.9 Å². The van der Waals surface area contributed by atoms with Gasteiger partial charge >= 0.3 is 0 Å². The lowest BCUT2D eigenvalue weighted by Gasteiger charge is -2.03. The molecular formula is C15H12N4OS. The Morgan fingerprint density at radius 3 is 3.05 bits per heavy atom. The van der Waals surface area contributed by atoms with Crippen LogP contribution in [0.15, 0.2) is 46.2 Å². The molecule has 0 saturated carbocycles. The Bertz CT molecular complexity index is 904. The summed E-state index contributed by atoms with van der Waals surface area (Å²) in [5.41, 5.74) is 2.41. The molecule has 1 N–H and O–H groups in total. The highest BCUT2D eigenvalue weighted by Gasteiger charge is 2.08. The van der Waals surface area contributed by atoms with E-state index in [4.69, 9.17) is 5.26 Å². The van der Waals surface area contributed by atoms with Gasteiger partial charge in [-0.2, -0.15) is 5.26 Å². The second kappa shape index (κ2) is 5.46. The number of H-pyrrole nitrogens is 1. The number of nitrogens with zero attached hydrogens (tertiary/aromatic N) is 3. The van der Waals surface area contributed by atoms with Gasteiger partial charge in [-0.1, -0.05) is 17.7 Å². The van der Waals surface area contributed by atoms with Crippen LogP contribution in [0.4, 0.5) is 0 Å². The van der Waals surface area contributed by atoms with E-state index < -0.39 is 0 Å². The number of aryl methyl sites for hydroxylation is 1. The third-order valence-corrected chi connectivity index (χ3v) is 4.07. The number of hydrogen-bond acceptors (Lipinski definition) is 4. The minimum Gasteiger partial charge on any atom is -0.295 e. The number of fused-ring (bicyclic) bond motifs is 1. The number of benzene rings is 1. The summed E-state index contributed by atoms with van der Waals surface area (Å²) in [7, 11) is 0. The molecule has 0 aliphatic carbocycles. The normalized spacial score (nSPS) is 10.7. The average molecular weight is 296 g/mol. The van der Waals surface area contributed by atoms with Crippen LogP contribution in [0, 0.1) is 18.3 Å². The quantitative estimate of drug-likeness (QED) is 0.754. The summed E-state index contributed by atoms with van der Waals surface area (Å²) in [5, 5.41) is 11.7. The molecular weight excluding hydrogens is 284 g/mol. The smallest absolute Gasteiger partial charge is 0.272 e. The van der Waals surface area contributed by atoms with Gasteiger partial charge in [-0.05, 0) is 19.1 Å². The highest BCUT2D eigenvalue weighted by molar-refractivity contribution is 7.98. The van der Waals surface area contributed by atoms with Crippen molar-refractivity contribution in [2.24, 2.45) is 0 Å². The van der Waals surface area contributed by atoms with Crippen molar-refractivity contribution >= 4 is 17.4 Å². The zero-order valence-electron chi connectivity index (χ0n) is 11.3. The molecule has 0 aliphatic heterocycles. The molecule has 0 spiro atoms. The minimum atomic E-state index is -0.207. The first-order valence-electron chi connectivity index (χ1n) is 6.37. The molecule has 0 atom stereocenters. The summed E-state index contributed by atoms with van der Waals surface area (Å²) in [6, 6.07) is 11.7. The van der Waals surface area contributed by atoms with Crippen LogP contribution in [0.5, 0.6) is 0 Å². The SMILES string of the molecule is Cc1cccc(SCc2cc(=O)n3[nH]cc(C#N)c3n2)c1. The van der Waals surface area contributed by atoms with Crippen LogP contribution in [0.3, 0.4) is 0 Å². The molecule has 1 aromatic carbocycles. The van der Waals surface area contributed by atoms with Gasteiger partial charge in [-0.3, -0.25) is 9.89 Å². The maximum Gasteiger partial charge on any atom is 0.272 e. The molecule has 0 saturated heterocycles. The second-order valence-electron chi connectivity index (χ2n) is 4.65. The van der Waals surface area contributed by atoms with Gasteiger partial charge in [0.05, 0.1) is 5.69 Å². The maximum atomic E-state index is 12.0. The zero-order valence-corrected chi connectivity index (χ0v) is 12.1. The molecule has 6 heteroatoms. The highest BCUT2D eigenvalue weighted by atomic mass is 32.2. The Kier molecular flexibility index (Phi) is 3.50. The average Bonchev–Trinajstić information content (AvgIpc) is 2.89. The molecule has 3 rings (SSSR count). The van der Waals surface area contributed by atoms with Gasteiger partial charge in [0.1, 0.15) is 11.6 Å². The van der Waals surface area contributed by atoms with Crippen molar-refractivity contribution in [2.45, 2.75) is 17.6 Å². The first-order chi connectivity index (χ1) is 10.2. The van der Waals surface area contributed by atoms with E-state index in [2.05, 4.69) is 16.1 Å². The van der Waals surface area contributed by atoms with Crippen LogP contribution in [0.2, 0.25) is 0 Å². The predicted octanol–water partition coefficient (Wildman–Crippen LogP) is 2.50. The van der Waals surface area contributed by atoms with Gasteiger partial charge in [0.25, 0.3) is 5.56 Å². The van der Waals surface area contributed by atoms with Gasteiger partial charge in [0.15, 0.2) is 5.65 Å². The lowest BCUT2D eigenvalue weighted by atomic mass is 10.2. The molecule has 2 heterocycles. The van der Waals surface area contributed by atoms with Crippen molar-refractivity contribution in [1.82, 2.24) is 14.6 Å². The summed E-state index contributed by atoms with van der Waals surface area (Å²) in [6.45, 7) is 2.04. The molecule has 0 fully saturated rings. The number of aromatic nitrogens is 3. The van der Waals surface area contributed by atoms with Crippen LogP contribution in [0.1, 0.15) is 16.8 Å². The van der Waals surface area contributed by atoms with Crippen molar-refractivity contribution < 1.29 is 0 Å². The van der Waals surface area contributed by atoms with Crippen molar-refractivity contribution in [3.05, 3.63) is 63.7 Å². The van der Waals surface area contributed by atoms with Crippen LogP contribution in [-0.4, -0.2) is 14.6 Å². The fourth-order valence-corrected chi connectivity index (χ4v) is 2.95. The third kappa shape index (κ3) is 2.69. The second-order valence-corrected chi connectivity index (χ2v) is 5.70. The molecule has 0 amide bonds. The summed E-state index contributed by atoms with van der Waals surface area (Å²) < 4.78 is 1.28. The molecule has 2 aromatic heterocycles. The van der Waals surface area contributed by atoms with E-state index in [1.54, 1.807) is 11.8 Å². The standard InChI is InChI=1S/C15H12N4OS/c1-10-3-2-4-13(5-10)21-9-12-6-14(20)19-15(18-12)11(7-16)8-17-19/h2-6,8,17H,9H2,1H3. The third-order valence-electron chi connectivity index (χ3n) is 3.05. The Morgan fingerprint density at radius 2 is 2.29 bits per heavy atom. The Morgan fingerprint density at radius 1 is 1.43 bits per heavy atom. The van der Waals surface area contributed by atoms with Crippen LogP contribution in [0.25, 0.3) is 5.65 Å². The Labute approximate surface area is 125 Å². The van der Waals surface area contributed by atoms with Gasteiger partial charge in [-0.15, -0.1) is 11.8 Å². The van der Waals surface area contributed by atoms with Gasteiger partial charge in [0.2, 0.25) is 0 Å². The highest BCUT2D eigenvalue weighted by Crippen LogP contribution is 2.22. The van der Waals surface area contributed by atoms with Crippen molar-refractivity contribution in [1.29, 1.82) is 5.26 Å². The fraction of sp³-hybridized carbons (Fsp3) is 0.133. The number of nitrogens with one attached hydrogen (secondary N) is 1. The van der Waals surface area contributed by atoms with Crippen molar-refractivity contribution in [3.63, 3.8) is 0 Å². The number of thioether (sulfide) groups is 1. The fourth-order valence-electron chi connectivity index (χ4n) is 2.05. The largest absolute Gasteiger partial charge is 0.295 e. The lowest BCUT2D eigenvalue weighted by molar-refractivity contribution is 0.888. The van der Waals surface area contributed by atoms with Crippen LogP contribution in [-0.2, 0) is 5.75 Å². The molecule has 0 aliphatic rings. The number of nitriles is 1. The molecule has 104 valence electrons. The summed E-state index contributed by atoms with van der Waals surface area (Å²) in [5.74, 6) is 0.589. The number of aromatic amines is 1. The number of hydrogen-bond donors (Lipinski definition) is 1. The number of rotatable bonds is 3. The molecule has 0 radical (unpaired) electrons. The summed E-state index contributed by atoms with van der Waals surface area (Å²) in [6.07, 6.45) is 1.49. The Hall–Kier alpha value is -2.52. The van der Waals surface area contributed by atoms with E-state index in [0.717, 1.165) is 4.90 Å². The van der Waals surface area contributed by atoms with E-state index in [9.17, 15) is 4.79 Å². The molecule has 5 nitrogen and oxygen atoms in total. The monoisotopic (exact) mass is 296 g/mol. The van der Waals surface area contributed by atoms with Crippen molar-refractivity contribution in [2.75, 3.05) is 0 Å².